The second-order valence-corrected chi connectivity index (χ2v) is 4.52. The van der Waals surface area contributed by atoms with E-state index in [1.807, 2.05) is 12.1 Å². The molecule has 0 aliphatic carbocycles. The average Bonchev–Trinajstić information content (AvgIpc) is 2.03. The Bertz CT molecular complexity index is 314. The van der Waals surface area contributed by atoms with Gasteiger partial charge >= 0.3 is 0 Å². The van der Waals surface area contributed by atoms with Crippen molar-refractivity contribution in [3.63, 3.8) is 0 Å². The zero-order chi connectivity index (χ0) is 10.1. The first-order chi connectivity index (χ1) is 5.97. The topological polar surface area (TPSA) is 46.2 Å². The highest BCUT2D eigenvalue weighted by atomic mass is 79.9. The van der Waals surface area contributed by atoms with Gasteiger partial charge in [0.2, 0.25) is 0 Å². The van der Waals surface area contributed by atoms with E-state index >= 15 is 0 Å². The Morgan fingerprint density at radius 2 is 2.23 bits per heavy atom. The number of halogens is 2. The Hall–Kier alpha value is -0.0900. The second kappa shape index (κ2) is 3.96. The summed E-state index contributed by atoms with van der Waals surface area (Å²) >= 11 is 9.27. The van der Waals surface area contributed by atoms with Crippen LogP contribution in [0.15, 0.2) is 22.7 Å². The molecule has 0 spiro atoms. The summed E-state index contributed by atoms with van der Waals surface area (Å²) in [6.45, 7) is 1.61. The third kappa shape index (κ3) is 2.44. The van der Waals surface area contributed by atoms with Crippen molar-refractivity contribution in [1.29, 1.82) is 0 Å². The van der Waals surface area contributed by atoms with Crippen molar-refractivity contribution in [3.8, 4) is 0 Å². The van der Waals surface area contributed by atoms with Gasteiger partial charge in [-0.3, -0.25) is 0 Å². The molecular formula is C9H11BrClNO. The van der Waals surface area contributed by atoms with Gasteiger partial charge in [0.05, 0.1) is 12.1 Å². The number of benzene rings is 1. The van der Waals surface area contributed by atoms with Crippen LogP contribution >= 0.6 is 27.5 Å². The van der Waals surface area contributed by atoms with Gasteiger partial charge in [0.1, 0.15) is 0 Å². The monoisotopic (exact) mass is 263 g/mol. The lowest BCUT2D eigenvalue weighted by Gasteiger charge is -2.23. The summed E-state index contributed by atoms with van der Waals surface area (Å²) in [5.74, 6) is 0. The Morgan fingerprint density at radius 3 is 2.69 bits per heavy atom. The molecular weight excluding hydrogens is 253 g/mol. The molecule has 0 aliphatic rings. The van der Waals surface area contributed by atoms with E-state index < -0.39 is 5.54 Å². The van der Waals surface area contributed by atoms with Gasteiger partial charge in [-0.2, -0.15) is 0 Å². The van der Waals surface area contributed by atoms with Crippen LogP contribution in [0.1, 0.15) is 12.5 Å². The van der Waals surface area contributed by atoms with Crippen LogP contribution in [0.4, 0.5) is 0 Å². The van der Waals surface area contributed by atoms with Crippen molar-refractivity contribution in [2.45, 2.75) is 12.5 Å². The summed E-state index contributed by atoms with van der Waals surface area (Å²) in [6.07, 6.45) is 0. The maximum atomic E-state index is 9.05. The van der Waals surface area contributed by atoms with Crippen LogP contribution in [0, 0.1) is 0 Å². The number of aliphatic hydroxyl groups is 1. The summed E-state index contributed by atoms with van der Waals surface area (Å²) in [6, 6.07) is 5.42. The molecule has 0 saturated heterocycles. The normalized spacial score (nSPS) is 15.5. The number of hydrogen-bond acceptors (Lipinski definition) is 2. The largest absolute Gasteiger partial charge is 0.394 e. The third-order valence-corrected chi connectivity index (χ3v) is 2.68. The van der Waals surface area contributed by atoms with E-state index in [0.717, 1.165) is 10.0 Å². The molecule has 0 amide bonds. The molecule has 1 aromatic carbocycles. The van der Waals surface area contributed by atoms with Gasteiger partial charge in [0.15, 0.2) is 0 Å². The molecule has 0 aromatic heterocycles. The van der Waals surface area contributed by atoms with Crippen LogP contribution in [0.2, 0.25) is 5.02 Å². The van der Waals surface area contributed by atoms with Crippen LogP contribution in [0.5, 0.6) is 0 Å². The molecule has 0 fully saturated rings. The summed E-state index contributed by atoms with van der Waals surface area (Å²) in [5, 5.41) is 9.61. The fourth-order valence-electron chi connectivity index (χ4n) is 1.04. The fourth-order valence-corrected chi connectivity index (χ4v) is 1.93. The van der Waals surface area contributed by atoms with E-state index in [1.54, 1.807) is 13.0 Å². The smallest absolute Gasteiger partial charge is 0.0650 e. The van der Waals surface area contributed by atoms with Crippen LogP contribution in [0.3, 0.4) is 0 Å². The average molecular weight is 265 g/mol. The van der Waals surface area contributed by atoms with Gasteiger partial charge in [-0.05, 0) is 24.6 Å². The number of nitrogens with two attached hydrogens (primary N) is 1. The van der Waals surface area contributed by atoms with E-state index in [1.165, 1.54) is 0 Å². The van der Waals surface area contributed by atoms with Gasteiger partial charge < -0.3 is 10.8 Å². The van der Waals surface area contributed by atoms with Crippen molar-refractivity contribution in [2.75, 3.05) is 6.61 Å². The standard InChI is InChI=1S/C9H11BrClNO/c1-9(12,5-13)7-3-2-6(10)4-8(7)11/h2-4,13H,5,12H2,1H3. The zero-order valence-corrected chi connectivity index (χ0v) is 9.56. The quantitative estimate of drug-likeness (QED) is 0.861. The van der Waals surface area contributed by atoms with Gasteiger partial charge in [0, 0.05) is 9.50 Å². The highest BCUT2D eigenvalue weighted by molar-refractivity contribution is 9.10. The zero-order valence-electron chi connectivity index (χ0n) is 7.22. The van der Waals surface area contributed by atoms with Crippen molar-refractivity contribution < 1.29 is 5.11 Å². The molecule has 1 aromatic rings. The van der Waals surface area contributed by atoms with E-state index in [0.29, 0.717) is 5.02 Å². The van der Waals surface area contributed by atoms with E-state index in [9.17, 15) is 0 Å². The van der Waals surface area contributed by atoms with Crippen molar-refractivity contribution in [1.82, 2.24) is 0 Å². The summed E-state index contributed by atoms with van der Waals surface area (Å²) in [5.41, 5.74) is 5.81. The van der Waals surface area contributed by atoms with E-state index in [2.05, 4.69) is 15.9 Å². The molecule has 1 rings (SSSR count). The Labute approximate surface area is 90.8 Å². The SMILES string of the molecule is CC(N)(CO)c1ccc(Br)cc1Cl. The lowest BCUT2D eigenvalue weighted by Crippen LogP contribution is -2.37. The molecule has 1 unspecified atom stereocenters. The molecule has 13 heavy (non-hydrogen) atoms. The molecule has 0 heterocycles. The number of aliphatic hydroxyl groups excluding tert-OH is 1. The summed E-state index contributed by atoms with van der Waals surface area (Å²) in [4.78, 5) is 0. The lowest BCUT2D eigenvalue weighted by molar-refractivity contribution is 0.210. The van der Waals surface area contributed by atoms with Crippen LogP contribution in [0.25, 0.3) is 0 Å². The maximum absolute atomic E-state index is 9.05. The fraction of sp³-hybridized carbons (Fsp3) is 0.333. The van der Waals surface area contributed by atoms with E-state index in [-0.39, 0.29) is 6.61 Å². The molecule has 3 N–H and O–H groups in total. The molecule has 1 atom stereocenters. The minimum Gasteiger partial charge on any atom is -0.394 e. The Morgan fingerprint density at radius 1 is 1.62 bits per heavy atom. The van der Waals surface area contributed by atoms with Gasteiger partial charge in [0.25, 0.3) is 0 Å². The first-order valence-electron chi connectivity index (χ1n) is 3.82. The summed E-state index contributed by atoms with van der Waals surface area (Å²) in [7, 11) is 0. The second-order valence-electron chi connectivity index (χ2n) is 3.20. The Kier molecular flexibility index (Phi) is 3.35. The van der Waals surface area contributed by atoms with Crippen molar-refractivity contribution in [2.24, 2.45) is 5.73 Å². The Balaban J connectivity index is 3.16. The molecule has 0 radical (unpaired) electrons. The molecule has 0 aliphatic heterocycles. The molecule has 0 saturated carbocycles. The number of hydrogen-bond donors (Lipinski definition) is 2. The van der Waals surface area contributed by atoms with Crippen molar-refractivity contribution >= 4 is 27.5 Å². The molecule has 0 bridgehead atoms. The van der Waals surface area contributed by atoms with Crippen molar-refractivity contribution in [3.05, 3.63) is 33.3 Å². The minimum atomic E-state index is -0.780. The predicted octanol–water partition coefficient (Wildman–Crippen LogP) is 2.27. The maximum Gasteiger partial charge on any atom is 0.0650 e. The first-order valence-corrected chi connectivity index (χ1v) is 5.00. The highest BCUT2D eigenvalue weighted by Gasteiger charge is 2.22. The summed E-state index contributed by atoms with van der Waals surface area (Å²) < 4.78 is 0.898. The van der Waals surface area contributed by atoms with Crippen LogP contribution < -0.4 is 5.73 Å². The first kappa shape index (κ1) is 11.0. The molecule has 2 nitrogen and oxygen atoms in total. The number of rotatable bonds is 2. The van der Waals surface area contributed by atoms with Gasteiger partial charge in [-0.25, -0.2) is 0 Å². The predicted molar refractivity (Wildman–Crippen MR) is 57.8 cm³/mol. The van der Waals surface area contributed by atoms with Gasteiger partial charge in [-0.1, -0.05) is 33.6 Å². The third-order valence-electron chi connectivity index (χ3n) is 1.87. The van der Waals surface area contributed by atoms with Gasteiger partial charge in [-0.15, -0.1) is 0 Å². The van der Waals surface area contributed by atoms with E-state index in [4.69, 9.17) is 22.4 Å². The lowest BCUT2D eigenvalue weighted by atomic mass is 9.94. The molecule has 72 valence electrons. The highest BCUT2D eigenvalue weighted by Crippen LogP contribution is 2.28. The molecule has 4 heteroatoms. The van der Waals surface area contributed by atoms with Crippen LogP contribution in [-0.2, 0) is 5.54 Å². The minimum absolute atomic E-state index is 0.131. The van der Waals surface area contributed by atoms with Crippen LogP contribution in [-0.4, -0.2) is 11.7 Å².